The maximum absolute atomic E-state index is 12.5. The highest BCUT2D eigenvalue weighted by Crippen LogP contribution is 2.20. The molecule has 3 heteroatoms. The van der Waals surface area contributed by atoms with Gasteiger partial charge in [0.25, 0.3) is 0 Å². The van der Waals surface area contributed by atoms with Crippen molar-refractivity contribution in [1.29, 1.82) is 0 Å². The van der Waals surface area contributed by atoms with Crippen LogP contribution in [0.1, 0.15) is 52.5 Å². The summed E-state index contributed by atoms with van der Waals surface area (Å²) in [6.45, 7) is 10.0. The molecular weight excluding hydrogens is 292 g/mol. The first kappa shape index (κ1) is 18.7. The van der Waals surface area contributed by atoms with Crippen LogP contribution in [0.3, 0.4) is 0 Å². The third-order valence-electron chi connectivity index (χ3n) is 3.77. The lowest BCUT2D eigenvalue weighted by molar-refractivity contribution is 0.583. The van der Waals surface area contributed by atoms with Crippen molar-refractivity contribution in [3.8, 4) is 0 Å². The van der Waals surface area contributed by atoms with Crippen molar-refractivity contribution in [2.24, 2.45) is 0 Å². The van der Waals surface area contributed by atoms with Gasteiger partial charge in [0.1, 0.15) is 0 Å². The fourth-order valence-corrected chi connectivity index (χ4v) is 3.47. The Balaban J connectivity index is 2.69. The third-order valence-corrected chi connectivity index (χ3v) is 5.95. The molecule has 0 saturated heterocycles. The lowest BCUT2D eigenvalue weighted by atomic mass is 10.1. The predicted octanol–water partition coefficient (Wildman–Crippen LogP) is 5.24. The zero-order valence-electron chi connectivity index (χ0n) is 14.4. The molecule has 0 N–H and O–H groups in total. The fourth-order valence-electron chi connectivity index (χ4n) is 2.14. The Labute approximate surface area is 135 Å². The first-order valence-corrected chi connectivity index (χ1v) is 9.37. The number of sulfone groups is 1. The van der Waals surface area contributed by atoms with Gasteiger partial charge >= 0.3 is 0 Å². The van der Waals surface area contributed by atoms with Gasteiger partial charge in [0.15, 0.2) is 9.84 Å². The van der Waals surface area contributed by atoms with Crippen LogP contribution in [0.25, 0.3) is 0 Å². The Morgan fingerprint density at radius 3 is 2.23 bits per heavy atom. The molecule has 1 rings (SSSR count). The highest BCUT2D eigenvalue weighted by Gasteiger charge is 2.21. The molecule has 0 aliphatic carbocycles. The first-order chi connectivity index (χ1) is 10.2. The summed E-state index contributed by atoms with van der Waals surface area (Å²) in [4.78, 5) is 0.418. The molecule has 0 bridgehead atoms. The average Bonchev–Trinajstić information content (AvgIpc) is 2.44. The number of aryl methyl sites for hydroxylation is 1. The van der Waals surface area contributed by atoms with Crippen molar-refractivity contribution in [2.45, 2.75) is 64.0 Å². The molecule has 0 fully saturated rings. The second-order valence-electron chi connectivity index (χ2n) is 6.28. The minimum Gasteiger partial charge on any atom is -0.223 e. The number of benzene rings is 1. The van der Waals surface area contributed by atoms with Crippen molar-refractivity contribution < 1.29 is 8.42 Å². The van der Waals surface area contributed by atoms with Crippen LogP contribution in [0, 0.1) is 6.92 Å². The van der Waals surface area contributed by atoms with Gasteiger partial charge in [-0.2, -0.15) is 0 Å². The van der Waals surface area contributed by atoms with E-state index in [1.165, 1.54) is 11.1 Å². The Bertz CT molecular complexity index is 631. The molecule has 122 valence electrons. The zero-order chi connectivity index (χ0) is 16.8. The molecule has 0 heterocycles. The summed E-state index contributed by atoms with van der Waals surface area (Å²) in [6.07, 6.45) is 6.85. The van der Waals surface area contributed by atoms with E-state index in [1.807, 2.05) is 19.1 Å². The lowest BCUT2D eigenvalue weighted by Gasteiger charge is -2.12. The molecule has 0 aliphatic rings. The monoisotopic (exact) mass is 320 g/mol. The molecule has 1 atom stereocenters. The molecular formula is C19H28O2S. The van der Waals surface area contributed by atoms with Crippen LogP contribution in [0.5, 0.6) is 0 Å². The van der Waals surface area contributed by atoms with Crippen LogP contribution in [-0.2, 0) is 9.84 Å². The molecule has 0 aliphatic heterocycles. The van der Waals surface area contributed by atoms with Gasteiger partial charge in [0.2, 0.25) is 0 Å². The second-order valence-corrected chi connectivity index (χ2v) is 8.64. The lowest BCUT2D eigenvalue weighted by Crippen LogP contribution is -2.17. The quantitative estimate of drug-likeness (QED) is 0.644. The summed E-state index contributed by atoms with van der Waals surface area (Å²) in [5, 5.41) is -0.395. The minimum atomic E-state index is -3.24. The van der Waals surface area contributed by atoms with Gasteiger partial charge in [0.05, 0.1) is 10.1 Å². The smallest absolute Gasteiger partial charge is 0.181 e. The van der Waals surface area contributed by atoms with E-state index in [4.69, 9.17) is 0 Å². The van der Waals surface area contributed by atoms with Crippen molar-refractivity contribution in [3.63, 3.8) is 0 Å². The molecule has 1 unspecified atom stereocenters. The summed E-state index contributed by atoms with van der Waals surface area (Å²) in [5.41, 5.74) is 3.65. The van der Waals surface area contributed by atoms with E-state index in [-0.39, 0.29) is 0 Å². The number of rotatable bonds is 7. The van der Waals surface area contributed by atoms with Crippen molar-refractivity contribution in [3.05, 3.63) is 53.1 Å². The highest BCUT2D eigenvalue weighted by molar-refractivity contribution is 7.92. The molecule has 22 heavy (non-hydrogen) atoms. The van der Waals surface area contributed by atoms with Crippen molar-refractivity contribution in [1.82, 2.24) is 0 Å². The van der Waals surface area contributed by atoms with Crippen LogP contribution in [0.2, 0.25) is 0 Å². The minimum absolute atomic E-state index is 0.395. The fraction of sp³-hybridized carbons (Fsp3) is 0.474. The maximum atomic E-state index is 12.5. The number of hydrogen-bond acceptors (Lipinski definition) is 2. The van der Waals surface area contributed by atoms with Gasteiger partial charge in [-0.1, -0.05) is 41.0 Å². The molecule has 0 saturated carbocycles. The van der Waals surface area contributed by atoms with Gasteiger partial charge < -0.3 is 0 Å². The Kier molecular flexibility index (Phi) is 7.08. The molecule has 1 aromatic carbocycles. The van der Waals surface area contributed by atoms with Crippen LogP contribution in [-0.4, -0.2) is 13.7 Å². The molecule has 0 radical (unpaired) electrons. The standard InChI is InChI=1S/C19H28O2S/c1-15(2)7-6-8-16(3)9-12-18(5)22(20,21)19-13-10-17(4)11-14-19/h7,9-11,13-14,18H,6,8,12H2,1-5H3/b16-9+. The van der Waals surface area contributed by atoms with Gasteiger partial charge in [-0.3, -0.25) is 0 Å². The summed E-state index contributed by atoms with van der Waals surface area (Å²) in [5.74, 6) is 0. The SMILES string of the molecule is CC(C)=CCC/C(C)=C/CC(C)S(=O)(=O)c1ccc(C)cc1. The van der Waals surface area contributed by atoms with Crippen LogP contribution >= 0.6 is 0 Å². The molecule has 0 aromatic heterocycles. The highest BCUT2D eigenvalue weighted by atomic mass is 32.2. The topological polar surface area (TPSA) is 34.1 Å². The second kappa shape index (κ2) is 8.33. The third kappa shape index (κ3) is 5.80. The Hall–Kier alpha value is -1.35. The van der Waals surface area contributed by atoms with Crippen molar-refractivity contribution >= 4 is 9.84 Å². The normalized spacial score (nSPS) is 13.8. The maximum Gasteiger partial charge on any atom is 0.181 e. The summed E-state index contributed by atoms with van der Waals surface area (Å²) in [6, 6.07) is 7.10. The van der Waals surface area contributed by atoms with E-state index in [0.29, 0.717) is 11.3 Å². The van der Waals surface area contributed by atoms with E-state index in [2.05, 4.69) is 32.9 Å². The van der Waals surface area contributed by atoms with E-state index >= 15 is 0 Å². The van der Waals surface area contributed by atoms with Crippen LogP contribution < -0.4 is 0 Å². The largest absolute Gasteiger partial charge is 0.223 e. The zero-order valence-corrected chi connectivity index (χ0v) is 15.2. The van der Waals surface area contributed by atoms with Crippen LogP contribution in [0.4, 0.5) is 0 Å². The first-order valence-electron chi connectivity index (χ1n) is 7.83. The van der Waals surface area contributed by atoms with Gasteiger partial charge in [0, 0.05) is 0 Å². The molecule has 0 spiro atoms. The van der Waals surface area contributed by atoms with Gasteiger partial charge in [-0.05, 0) is 66.0 Å². The van der Waals surface area contributed by atoms with Crippen molar-refractivity contribution in [2.75, 3.05) is 0 Å². The number of hydrogen-bond donors (Lipinski definition) is 0. The molecule has 1 aromatic rings. The Morgan fingerprint density at radius 1 is 1.09 bits per heavy atom. The molecule has 0 amide bonds. The summed E-state index contributed by atoms with van der Waals surface area (Å²) < 4.78 is 25.0. The van der Waals surface area contributed by atoms with E-state index in [9.17, 15) is 8.42 Å². The summed E-state index contributed by atoms with van der Waals surface area (Å²) >= 11 is 0. The van der Waals surface area contributed by atoms with Crippen LogP contribution in [0.15, 0.2) is 52.5 Å². The van der Waals surface area contributed by atoms with E-state index in [1.54, 1.807) is 19.1 Å². The molecule has 2 nitrogen and oxygen atoms in total. The number of allylic oxidation sites excluding steroid dienone is 4. The average molecular weight is 320 g/mol. The van der Waals surface area contributed by atoms with E-state index < -0.39 is 15.1 Å². The van der Waals surface area contributed by atoms with Gasteiger partial charge in [-0.15, -0.1) is 0 Å². The predicted molar refractivity (Wildman–Crippen MR) is 94.9 cm³/mol. The van der Waals surface area contributed by atoms with E-state index in [0.717, 1.165) is 18.4 Å². The Morgan fingerprint density at radius 2 is 1.68 bits per heavy atom. The van der Waals surface area contributed by atoms with Gasteiger partial charge in [-0.25, -0.2) is 8.42 Å². The summed E-state index contributed by atoms with van der Waals surface area (Å²) in [7, 11) is -3.24.